The van der Waals surface area contributed by atoms with Crippen LogP contribution in [0.4, 0.5) is 5.95 Å². The maximum Gasteiger partial charge on any atom is 0.270 e. The van der Waals surface area contributed by atoms with Crippen molar-refractivity contribution in [1.82, 2.24) is 9.97 Å². The van der Waals surface area contributed by atoms with Crippen LogP contribution in [0.25, 0.3) is 11.3 Å². The molecule has 3 rings (SSSR count). The molecule has 1 aromatic heterocycles. The molecule has 2 aromatic carbocycles. The van der Waals surface area contributed by atoms with Gasteiger partial charge in [0.2, 0.25) is 5.95 Å². The highest BCUT2D eigenvalue weighted by molar-refractivity contribution is 5.80. The van der Waals surface area contributed by atoms with E-state index in [0.717, 1.165) is 11.1 Å². The van der Waals surface area contributed by atoms with E-state index in [1.54, 1.807) is 30.5 Å². The van der Waals surface area contributed by atoms with Crippen LogP contribution in [0.2, 0.25) is 0 Å². The van der Waals surface area contributed by atoms with E-state index in [-0.39, 0.29) is 11.5 Å². The number of aromatic amines is 1. The second-order valence-corrected chi connectivity index (χ2v) is 5.56. The molecule has 0 amide bonds. The van der Waals surface area contributed by atoms with Gasteiger partial charge in [-0.05, 0) is 11.1 Å². The quantitative estimate of drug-likeness (QED) is 0.539. The number of anilines is 1. The lowest BCUT2D eigenvalue weighted by Gasteiger charge is -2.06. The van der Waals surface area contributed by atoms with Gasteiger partial charge in [0.15, 0.2) is 0 Å². The number of aromatic nitrogens is 2. The normalized spacial score (nSPS) is 10.3. The molecule has 0 fully saturated rings. The van der Waals surface area contributed by atoms with Crippen LogP contribution in [0.15, 0.2) is 64.5 Å². The molecule has 0 radical (unpaired) electrons. The zero-order valence-corrected chi connectivity index (χ0v) is 14.2. The van der Waals surface area contributed by atoms with Crippen molar-refractivity contribution in [3.8, 4) is 23.4 Å². The Morgan fingerprint density at radius 3 is 2.52 bits per heavy atom. The predicted molar refractivity (Wildman–Crippen MR) is 102 cm³/mol. The van der Waals surface area contributed by atoms with Crippen LogP contribution >= 0.6 is 0 Å². The lowest BCUT2D eigenvalue weighted by Crippen LogP contribution is -2.16. The number of nitrogens with zero attached hydrogens (tertiary/aromatic N) is 4. The minimum absolute atomic E-state index is 0.0520. The van der Waals surface area contributed by atoms with E-state index in [9.17, 15) is 10.1 Å². The summed E-state index contributed by atoms with van der Waals surface area (Å²) in [5, 5.41) is 22.0. The monoisotopic (exact) mass is 354 g/mol. The first kappa shape index (κ1) is 17.6. The Kier molecular flexibility index (Phi) is 5.36. The fourth-order valence-electron chi connectivity index (χ4n) is 2.42. The van der Waals surface area contributed by atoms with Gasteiger partial charge < -0.3 is 0 Å². The Morgan fingerprint density at radius 2 is 1.85 bits per heavy atom. The van der Waals surface area contributed by atoms with Crippen molar-refractivity contribution in [3.05, 3.63) is 81.6 Å². The van der Waals surface area contributed by atoms with Crippen LogP contribution < -0.4 is 11.0 Å². The first-order valence-corrected chi connectivity index (χ1v) is 8.06. The van der Waals surface area contributed by atoms with Crippen LogP contribution in [-0.4, -0.2) is 16.2 Å². The second-order valence-electron chi connectivity index (χ2n) is 5.56. The molecule has 0 aliphatic carbocycles. The summed E-state index contributed by atoms with van der Waals surface area (Å²) in [6, 6.07) is 20.4. The molecule has 0 bridgehead atoms. The van der Waals surface area contributed by atoms with Crippen molar-refractivity contribution in [2.45, 2.75) is 6.42 Å². The van der Waals surface area contributed by atoms with E-state index in [0.29, 0.717) is 17.7 Å². The molecule has 7 nitrogen and oxygen atoms in total. The zero-order chi connectivity index (χ0) is 19.1. The molecule has 27 heavy (non-hydrogen) atoms. The molecular formula is C20H14N6O. The van der Waals surface area contributed by atoms with E-state index in [1.165, 1.54) is 0 Å². The Bertz CT molecular complexity index is 1100. The van der Waals surface area contributed by atoms with Gasteiger partial charge in [-0.1, -0.05) is 54.6 Å². The Hall–Kier alpha value is -4.23. The number of nitrogens with one attached hydrogen (secondary N) is 2. The smallest absolute Gasteiger partial charge is 0.270 e. The first-order chi connectivity index (χ1) is 13.2. The number of nitriles is 2. The predicted octanol–water partition coefficient (Wildman–Crippen LogP) is 2.82. The summed E-state index contributed by atoms with van der Waals surface area (Å²) >= 11 is 0. The lowest BCUT2D eigenvalue weighted by molar-refractivity contribution is 1.08. The standard InChI is InChI=1S/C20H14N6O/c21-11-10-14-6-8-15(9-7-14)13-23-26-20-24-18(16-4-2-1-3-5-16)17(12-22)19(27)25-20/h1-9,13H,10H2,(H2,24,25,26,27). The highest BCUT2D eigenvalue weighted by atomic mass is 16.1. The molecule has 3 aromatic rings. The summed E-state index contributed by atoms with van der Waals surface area (Å²) < 4.78 is 0. The average molecular weight is 354 g/mol. The second kappa shape index (κ2) is 8.24. The number of hydrogen-bond donors (Lipinski definition) is 2. The van der Waals surface area contributed by atoms with Gasteiger partial charge >= 0.3 is 0 Å². The average Bonchev–Trinajstić information content (AvgIpc) is 2.70. The molecule has 0 saturated carbocycles. The van der Waals surface area contributed by atoms with E-state index in [2.05, 4.69) is 26.6 Å². The summed E-state index contributed by atoms with van der Waals surface area (Å²) in [6.07, 6.45) is 1.92. The topological polar surface area (TPSA) is 118 Å². The summed E-state index contributed by atoms with van der Waals surface area (Å²) in [6.45, 7) is 0. The number of rotatable bonds is 5. The van der Waals surface area contributed by atoms with Gasteiger partial charge in [-0.25, -0.2) is 10.4 Å². The van der Waals surface area contributed by atoms with Crippen LogP contribution in [0, 0.1) is 22.7 Å². The number of benzene rings is 2. The highest BCUT2D eigenvalue weighted by Crippen LogP contribution is 2.19. The SMILES string of the molecule is N#CCc1ccc(C=NNc2nc(-c3ccccc3)c(C#N)c(=O)[nH]2)cc1. The van der Waals surface area contributed by atoms with Crippen LogP contribution in [0.3, 0.4) is 0 Å². The number of hydrazone groups is 1. The number of H-pyrrole nitrogens is 1. The van der Waals surface area contributed by atoms with Gasteiger partial charge in [0.25, 0.3) is 5.56 Å². The summed E-state index contributed by atoms with van der Waals surface area (Å²) in [4.78, 5) is 19.0. The van der Waals surface area contributed by atoms with Gasteiger partial charge in [-0.15, -0.1) is 0 Å². The molecule has 0 aliphatic rings. The molecule has 2 N–H and O–H groups in total. The van der Waals surface area contributed by atoms with Crippen LogP contribution in [0.1, 0.15) is 16.7 Å². The largest absolute Gasteiger partial charge is 0.290 e. The van der Waals surface area contributed by atoms with Crippen molar-refractivity contribution in [3.63, 3.8) is 0 Å². The van der Waals surface area contributed by atoms with Crippen molar-refractivity contribution in [2.75, 3.05) is 5.43 Å². The van der Waals surface area contributed by atoms with Gasteiger partial charge in [-0.2, -0.15) is 15.6 Å². The summed E-state index contributed by atoms with van der Waals surface area (Å²) in [5.74, 6) is 0.134. The zero-order valence-electron chi connectivity index (χ0n) is 14.2. The van der Waals surface area contributed by atoms with E-state index >= 15 is 0 Å². The molecule has 7 heteroatoms. The van der Waals surface area contributed by atoms with Crippen molar-refractivity contribution >= 4 is 12.2 Å². The molecule has 0 unspecified atom stereocenters. The molecule has 0 saturated heterocycles. The minimum atomic E-state index is -0.537. The van der Waals surface area contributed by atoms with Crippen LogP contribution in [0.5, 0.6) is 0 Å². The van der Waals surface area contributed by atoms with Gasteiger partial charge in [0, 0.05) is 5.56 Å². The van der Waals surface area contributed by atoms with Crippen molar-refractivity contribution in [2.24, 2.45) is 5.10 Å². The fourth-order valence-corrected chi connectivity index (χ4v) is 2.42. The highest BCUT2D eigenvalue weighted by Gasteiger charge is 2.12. The Labute approximate surface area is 155 Å². The third-order valence-electron chi connectivity index (χ3n) is 3.73. The fraction of sp³-hybridized carbons (Fsp3) is 0.0500. The summed E-state index contributed by atoms with van der Waals surface area (Å²) in [5.41, 5.74) is 4.79. The van der Waals surface area contributed by atoms with Crippen LogP contribution in [-0.2, 0) is 6.42 Å². The van der Waals surface area contributed by atoms with E-state index in [1.807, 2.05) is 36.4 Å². The molecule has 0 aliphatic heterocycles. The number of hydrogen-bond acceptors (Lipinski definition) is 6. The van der Waals surface area contributed by atoms with Gasteiger partial charge in [-0.3, -0.25) is 9.78 Å². The van der Waals surface area contributed by atoms with E-state index in [4.69, 9.17) is 5.26 Å². The lowest BCUT2D eigenvalue weighted by atomic mass is 10.1. The maximum absolute atomic E-state index is 12.2. The van der Waals surface area contributed by atoms with Crippen molar-refractivity contribution < 1.29 is 0 Å². The minimum Gasteiger partial charge on any atom is -0.290 e. The van der Waals surface area contributed by atoms with Gasteiger partial charge in [0.05, 0.1) is 24.4 Å². The Balaban J connectivity index is 1.83. The Morgan fingerprint density at radius 1 is 1.11 bits per heavy atom. The van der Waals surface area contributed by atoms with E-state index < -0.39 is 5.56 Å². The third kappa shape index (κ3) is 4.25. The molecule has 0 atom stereocenters. The molecule has 0 spiro atoms. The van der Waals surface area contributed by atoms with Crippen molar-refractivity contribution in [1.29, 1.82) is 10.5 Å². The molecular weight excluding hydrogens is 340 g/mol. The summed E-state index contributed by atoms with van der Waals surface area (Å²) in [7, 11) is 0. The third-order valence-corrected chi connectivity index (χ3v) is 3.73. The maximum atomic E-state index is 12.2. The van der Waals surface area contributed by atoms with Gasteiger partial charge in [0.1, 0.15) is 11.6 Å². The molecule has 130 valence electrons. The first-order valence-electron chi connectivity index (χ1n) is 8.06. The molecule has 1 heterocycles.